The first kappa shape index (κ1) is 41.2. The van der Waals surface area contributed by atoms with Crippen molar-refractivity contribution in [3.05, 3.63) is 0 Å². The van der Waals surface area contributed by atoms with Crippen LogP contribution in [0.2, 0.25) is 78.6 Å². The minimum absolute atomic E-state index is 0.00385. The molecule has 0 aromatic carbocycles. The standard InChI is InChI=1S/C31H70O6Si4/c1-15-16-17-20-23-27(34-38(3,4)5)29(36-40(9,10)11)26-30(37-41(12,13)14)28(35-39(6,7)8)24-21-18-19-22-25-31(32)33-2/h27-30H,15-26H2,1-14H3. The van der Waals surface area contributed by atoms with Gasteiger partial charge in [0.1, 0.15) is 0 Å². The zero-order valence-corrected chi connectivity index (χ0v) is 33.7. The van der Waals surface area contributed by atoms with Crippen LogP contribution in [0.15, 0.2) is 0 Å². The highest BCUT2D eigenvalue weighted by Gasteiger charge is 2.38. The topological polar surface area (TPSA) is 63.2 Å². The number of hydrogen-bond acceptors (Lipinski definition) is 6. The normalized spacial score (nSPS) is 16.3. The zero-order chi connectivity index (χ0) is 31.9. The second kappa shape index (κ2) is 19.5. The Bertz CT molecular complexity index is 695. The molecule has 4 unspecified atom stereocenters. The SMILES string of the molecule is CCCCCCC(O[Si](C)(C)C)C(CC(O[Si](C)(C)C)C(CCCCCCC(=O)OC)O[Si](C)(C)C)O[Si](C)(C)C. The maximum absolute atomic E-state index is 11.5. The Labute approximate surface area is 259 Å². The smallest absolute Gasteiger partial charge is 0.305 e. The summed E-state index contributed by atoms with van der Waals surface area (Å²) in [6, 6.07) is 0. The molecule has 0 aliphatic carbocycles. The van der Waals surface area contributed by atoms with Crippen molar-refractivity contribution in [1.82, 2.24) is 0 Å². The molecule has 0 aliphatic rings. The molecule has 0 rings (SSSR count). The number of unbranched alkanes of at least 4 members (excludes halogenated alkanes) is 6. The Morgan fingerprint density at radius 1 is 0.512 bits per heavy atom. The van der Waals surface area contributed by atoms with E-state index in [4.69, 9.17) is 22.4 Å². The highest BCUT2D eigenvalue weighted by Crippen LogP contribution is 2.30. The van der Waals surface area contributed by atoms with E-state index in [9.17, 15) is 4.79 Å². The van der Waals surface area contributed by atoms with Crippen LogP contribution in [-0.4, -0.2) is 70.8 Å². The summed E-state index contributed by atoms with van der Waals surface area (Å²) in [6.45, 7) is 29.7. The van der Waals surface area contributed by atoms with E-state index in [0.29, 0.717) is 6.42 Å². The molecule has 246 valence electrons. The third kappa shape index (κ3) is 24.2. The van der Waals surface area contributed by atoms with Gasteiger partial charge in [-0.1, -0.05) is 51.9 Å². The summed E-state index contributed by atoms with van der Waals surface area (Å²) in [5.74, 6) is -0.119. The third-order valence-electron chi connectivity index (χ3n) is 6.50. The first-order chi connectivity index (χ1) is 18.7. The van der Waals surface area contributed by atoms with E-state index in [2.05, 4.69) is 85.5 Å². The molecule has 0 aromatic rings. The predicted molar refractivity (Wildman–Crippen MR) is 186 cm³/mol. The molecule has 0 heterocycles. The molecule has 0 aliphatic heterocycles. The van der Waals surface area contributed by atoms with Crippen LogP contribution in [0.4, 0.5) is 0 Å². The molecule has 0 fully saturated rings. The lowest BCUT2D eigenvalue weighted by molar-refractivity contribution is -0.140. The van der Waals surface area contributed by atoms with Gasteiger partial charge in [0.15, 0.2) is 33.3 Å². The third-order valence-corrected chi connectivity index (χ3v) is 10.5. The van der Waals surface area contributed by atoms with Crippen molar-refractivity contribution in [2.75, 3.05) is 7.11 Å². The molecular weight excluding hydrogens is 581 g/mol. The van der Waals surface area contributed by atoms with Gasteiger partial charge in [-0.2, -0.15) is 0 Å². The summed E-state index contributed by atoms with van der Waals surface area (Å²) in [4.78, 5) is 11.5. The summed E-state index contributed by atoms with van der Waals surface area (Å²) >= 11 is 0. The Morgan fingerprint density at radius 3 is 1.20 bits per heavy atom. The Balaban J connectivity index is 6.09. The summed E-state index contributed by atoms with van der Waals surface area (Å²) in [6.07, 6.45) is 12.4. The number of methoxy groups -OCH3 is 1. The van der Waals surface area contributed by atoms with Crippen molar-refractivity contribution in [3.63, 3.8) is 0 Å². The van der Waals surface area contributed by atoms with E-state index in [1.807, 2.05) is 0 Å². The predicted octanol–water partition coefficient (Wildman–Crippen LogP) is 9.74. The molecule has 0 bridgehead atoms. The van der Waals surface area contributed by atoms with Gasteiger partial charge in [0.25, 0.3) is 0 Å². The second-order valence-electron chi connectivity index (χ2n) is 15.7. The van der Waals surface area contributed by atoms with Gasteiger partial charge in [-0.15, -0.1) is 0 Å². The summed E-state index contributed by atoms with van der Waals surface area (Å²) in [7, 11) is -5.88. The minimum atomic E-state index is -1.87. The molecule has 0 aromatic heterocycles. The van der Waals surface area contributed by atoms with Gasteiger partial charge in [-0.3, -0.25) is 4.79 Å². The van der Waals surface area contributed by atoms with Crippen LogP contribution in [0.25, 0.3) is 0 Å². The molecule has 41 heavy (non-hydrogen) atoms. The highest BCUT2D eigenvalue weighted by molar-refractivity contribution is 6.71. The number of hydrogen-bond donors (Lipinski definition) is 0. The highest BCUT2D eigenvalue weighted by atomic mass is 28.4. The van der Waals surface area contributed by atoms with Gasteiger partial charge in [0.05, 0.1) is 31.5 Å². The average Bonchev–Trinajstić information content (AvgIpc) is 2.78. The van der Waals surface area contributed by atoms with Gasteiger partial charge < -0.3 is 22.4 Å². The van der Waals surface area contributed by atoms with Gasteiger partial charge in [0.2, 0.25) is 0 Å². The van der Waals surface area contributed by atoms with E-state index in [1.165, 1.54) is 32.8 Å². The summed E-state index contributed by atoms with van der Waals surface area (Å²) in [5, 5.41) is 0. The Kier molecular flexibility index (Phi) is 19.6. The molecule has 0 saturated carbocycles. The lowest BCUT2D eigenvalue weighted by atomic mass is 9.96. The van der Waals surface area contributed by atoms with Crippen molar-refractivity contribution in [3.8, 4) is 0 Å². The quantitative estimate of drug-likeness (QED) is 0.0589. The number of carbonyl (C=O) groups is 1. The molecule has 4 atom stereocenters. The lowest BCUT2D eigenvalue weighted by Crippen LogP contribution is -2.50. The van der Waals surface area contributed by atoms with Crippen LogP contribution in [0.1, 0.15) is 84.0 Å². The molecule has 0 spiro atoms. The summed E-state index contributed by atoms with van der Waals surface area (Å²) in [5.41, 5.74) is 0. The Hall–Kier alpha value is 0.178. The molecule has 0 amide bonds. The largest absolute Gasteiger partial charge is 0.469 e. The second-order valence-corrected chi connectivity index (χ2v) is 33.5. The van der Waals surface area contributed by atoms with Crippen LogP contribution >= 0.6 is 0 Å². The number of esters is 1. The van der Waals surface area contributed by atoms with Gasteiger partial charge in [-0.25, -0.2) is 0 Å². The molecular formula is C31H70O6Si4. The van der Waals surface area contributed by atoms with Crippen LogP contribution in [0.5, 0.6) is 0 Å². The molecule has 0 radical (unpaired) electrons. The fourth-order valence-corrected chi connectivity index (χ4v) is 9.75. The lowest BCUT2D eigenvalue weighted by Gasteiger charge is -2.42. The summed E-state index contributed by atoms with van der Waals surface area (Å²) < 4.78 is 32.6. The van der Waals surface area contributed by atoms with E-state index >= 15 is 0 Å². The van der Waals surface area contributed by atoms with Crippen molar-refractivity contribution >= 4 is 39.2 Å². The monoisotopic (exact) mass is 650 g/mol. The maximum Gasteiger partial charge on any atom is 0.305 e. The first-order valence-corrected chi connectivity index (χ1v) is 30.1. The van der Waals surface area contributed by atoms with E-state index in [1.54, 1.807) is 0 Å². The van der Waals surface area contributed by atoms with Crippen molar-refractivity contribution < 1.29 is 27.2 Å². The van der Waals surface area contributed by atoms with Crippen molar-refractivity contribution in [2.24, 2.45) is 0 Å². The molecule has 6 nitrogen and oxygen atoms in total. The van der Waals surface area contributed by atoms with Crippen molar-refractivity contribution in [2.45, 2.75) is 187 Å². The van der Waals surface area contributed by atoms with Crippen LogP contribution in [0, 0.1) is 0 Å². The molecule has 0 N–H and O–H groups in total. The first-order valence-electron chi connectivity index (χ1n) is 16.4. The minimum Gasteiger partial charge on any atom is -0.469 e. The van der Waals surface area contributed by atoms with Gasteiger partial charge in [-0.05, 0) is 97.8 Å². The maximum atomic E-state index is 11.5. The number of ether oxygens (including phenoxy) is 1. The van der Waals surface area contributed by atoms with Crippen molar-refractivity contribution in [1.29, 1.82) is 0 Å². The van der Waals surface area contributed by atoms with Crippen LogP contribution in [0.3, 0.4) is 0 Å². The van der Waals surface area contributed by atoms with Gasteiger partial charge >= 0.3 is 5.97 Å². The molecule has 10 heteroatoms. The molecule has 0 saturated heterocycles. The van der Waals surface area contributed by atoms with Crippen LogP contribution in [-0.2, 0) is 27.2 Å². The van der Waals surface area contributed by atoms with E-state index < -0.39 is 33.3 Å². The fraction of sp³-hybridized carbons (Fsp3) is 0.968. The van der Waals surface area contributed by atoms with E-state index in [0.717, 1.165) is 44.9 Å². The Morgan fingerprint density at radius 2 is 0.854 bits per heavy atom. The number of carbonyl (C=O) groups excluding carboxylic acids is 1. The number of rotatable bonds is 24. The fourth-order valence-electron chi connectivity index (χ4n) is 5.08. The zero-order valence-electron chi connectivity index (χ0n) is 29.7. The van der Waals surface area contributed by atoms with Crippen LogP contribution < -0.4 is 0 Å². The van der Waals surface area contributed by atoms with E-state index in [-0.39, 0.29) is 30.4 Å². The average molecular weight is 651 g/mol. The van der Waals surface area contributed by atoms with Gasteiger partial charge in [0, 0.05) is 12.8 Å².